The van der Waals surface area contributed by atoms with Crippen LogP contribution in [0.25, 0.3) is 0 Å². The number of aliphatic hydroxyl groups excluding tert-OH is 3. The van der Waals surface area contributed by atoms with E-state index in [2.05, 4.69) is 37.4 Å². The minimum atomic E-state index is -4.63. The van der Waals surface area contributed by atoms with Crippen LogP contribution in [-0.2, 0) is 32.7 Å². The van der Waals surface area contributed by atoms with E-state index >= 15 is 0 Å². The molecular formula is C39H69O11P. The van der Waals surface area contributed by atoms with Crippen LogP contribution in [0.1, 0.15) is 136 Å². The van der Waals surface area contributed by atoms with Crippen molar-refractivity contribution in [2.24, 2.45) is 5.92 Å². The second-order valence-electron chi connectivity index (χ2n) is 13.3. The Kier molecular flexibility index (Phi) is 32.3. The second kappa shape index (κ2) is 33.7. The zero-order chi connectivity index (χ0) is 38.0. The molecule has 0 saturated carbocycles. The van der Waals surface area contributed by atoms with Gasteiger partial charge in [0.15, 0.2) is 6.10 Å². The van der Waals surface area contributed by atoms with Crippen LogP contribution < -0.4 is 0 Å². The third kappa shape index (κ3) is 34.7. The minimum absolute atomic E-state index is 0.144. The van der Waals surface area contributed by atoms with E-state index in [9.17, 15) is 29.3 Å². The number of hydrogen-bond acceptors (Lipinski definition) is 10. The molecule has 12 heteroatoms. The number of unbranched alkanes of at least 4 members (excludes halogenated alkanes) is 9. The van der Waals surface area contributed by atoms with Crippen LogP contribution in [-0.4, -0.2) is 76.9 Å². The molecule has 4 N–H and O–H groups in total. The Hall–Kier alpha value is -2.11. The Labute approximate surface area is 307 Å². The lowest BCUT2D eigenvalue weighted by molar-refractivity contribution is -0.161. The molecule has 0 spiro atoms. The van der Waals surface area contributed by atoms with Crippen LogP contribution in [0.4, 0.5) is 0 Å². The summed E-state index contributed by atoms with van der Waals surface area (Å²) in [7, 11) is -4.63. The summed E-state index contributed by atoms with van der Waals surface area (Å²) < 4.78 is 32.4. The summed E-state index contributed by atoms with van der Waals surface area (Å²) in [5.41, 5.74) is 0. The van der Waals surface area contributed by atoms with E-state index in [0.29, 0.717) is 19.3 Å². The highest BCUT2D eigenvalue weighted by Gasteiger charge is 2.27. The molecule has 0 radical (unpaired) electrons. The summed E-state index contributed by atoms with van der Waals surface area (Å²) in [5, 5.41) is 28.1. The molecular weight excluding hydrogens is 675 g/mol. The summed E-state index contributed by atoms with van der Waals surface area (Å²) in [6.45, 7) is 4.39. The van der Waals surface area contributed by atoms with Gasteiger partial charge in [-0.25, -0.2) is 4.57 Å². The van der Waals surface area contributed by atoms with Crippen LogP contribution >= 0.6 is 7.82 Å². The van der Waals surface area contributed by atoms with Gasteiger partial charge in [-0.15, -0.1) is 0 Å². The highest BCUT2D eigenvalue weighted by molar-refractivity contribution is 7.47. The molecule has 0 rings (SSSR count). The third-order valence-corrected chi connectivity index (χ3v) is 8.72. The Morgan fingerprint density at radius 3 is 2.00 bits per heavy atom. The fourth-order valence-corrected chi connectivity index (χ4v) is 5.54. The van der Waals surface area contributed by atoms with Gasteiger partial charge < -0.3 is 29.7 Å². The van der Waals surface area contributed by atoms with Crippen molar-refractivity contribution in [1.29, 1.82) is 0 Å². The van der Waals surface area contributed by atoms with Crippen LogP contribution in [0.3, 0.4) is 0 Å². The predicted molar refractivity (Wildman–Crippen MR) is 202 cm³/mol. The maximum Gasteiger partial charge on any atom is 0.472 e. The first-order chi connectivity index (χ1) is 24.5. The van der Waals surface area contributed by atoms with Crippen molar-refractivity contribution in [2.75, 3.05) is 26.4 Å². The fourth-order valence-electron chi connectivity index (χ4n) is 4.75. The van der Waals surface area contributed by atoms with Gasteiger partial charge in [-0.05, 0) is 44.4 Å². The number of carbonyl (C=O) groups is 2. The molecule has 4 atom stereocenters. The highest BCUT2D eigenvalue weighted by Crippen LogP contribution is 2.43. The number of carbonyl (C=O) groups excluding carboxylic acids is 2. The summed E-state index contributed by atoms with van der Waals surface area (Å²) in [6.07, 6.45) is 28.7. The number of ether oxygens (including phenoxy) is 2. The van der Waals surface area contributed by atoms with E-state index in [1.54, 1.807) is 0 Å². The molecule has 11 nitrogen and oxygen atoms in total. The van der Waals surface area contributed by atoms with Gasteiger partial charge >= 0.3 is 19.8 Å². The zero-order valence-electron chi connectivity index (χ0n) is 31.6. The van der Waals surface area contributed by atoms with Crippen LogP contribution in [0, 0.1) is 5.92 Å². The second-order valence-corrected chi connectivity index (χ2v) is 14.7. The first-order valence-electron chi connectivity index (χ1n) is 19.1. The molecule has 51 heavy (non-hydrogen) atoms. The van der Waals surface area contributed by atoms with E-state index in [-0.39, 0.29) is 25.6 Å². The standard InChI is InChI=1S/C39H69O11P/c1-4-5-20-26-35(41)27-22-17-13-9-7-6-8-10-14-18-23-28-38(43)47-32-37(33-49-51(45,46)48-31-36(42)30-40)50-39(44)29-24-19-15-11-12-16-21-25-34(2)3/h6-7,10,13-14,17,22,27,34-37,40-42H,4-5,8-9,11-12,15-16,18-21,23-26,28-33H2,1-3H3,(H,45,46)/b7-6-,14-10-,17-13-,27-22+/t35-,36+,37-/m1/s1. The topological polar surface area (TPSA) is 169 Å². The first-order valence-corrected chi connectivity index (χ1v) is 20.6. The quantitative estimate of drug-likeness (QED) is 0.0165. The molecule has 0 aromatic rings. The summed E-state index contributed by atoms with van der Waals surface area (Å²) in [5.74, 6) is -0.298. The molecule has 0 bridgehead atoms. The summed E-state index contributed by atoms with van der Waals surface area (Å²) in [6, 6.07) is 0. The van der Waals surface area contributed by atoms with Crippen molar-refractivity contribution < 1.29 is 52.9 Å². The van der Waals surface area contributed by atoms with Gasteiger partial charge in [0, 0.05) is 12.8 Å². The van der Waals surface area contributed by atoms with Gasteiger partial charge in [0.05, 0.1) is 25.9 Å². The number of allylic oxidation sites excluding steroid dienone is 7. The number of rotatable bonds is 34. The molecule has 0 saturated heterocycles. The van der Waals surface area contributed by atoms with Crippen LogP contribution in [0.15, 0.2) is 48.6 Å². The fraction of sp³-hybridized carbons (Fsp3) is 0.744. The SMILES string of the molecule is CCCCC[C@@H](O)/C=C/C=C\C/C=C\C/C=C\CCCC(=O)OC[C@H](COP(=O)(O)OC[C@@H](O)CO)OC(=O)CCCCCCCCCC(C)C. The number of hydrogen-bond donors (Lipinski definition) is 4. The van der Waals surface area contributed by atoms with Crippen molar-refractivity contribution in [1.82, 2.24) is 0 Å². The Morgan fingerprint density at radius 2 is 1.31 bits per heavy atom. The molecule has 0 heterocycles. The maximum atomic E-state index is 12.5. The number of esters is 2. The molecule has 0 aliphatic rings. The van der Waals surface area contributed by atoms with Crippen LogP contribution in [0.2, 0.25) is 0 Å². The van der Waals surface area contributed by atoms with E-state index in [4.69, 9.17) is 19.1 Å². The molecule has 0 aliphatic heterocycles. The van der Waals surface area contributed by atoms with E-state index in [0.717, 1.165) is 63.7 Å². The molecule has 296 valence electrons. The lowest BCUT2D eigenvalue weighted by atomic mass is 10.0. The van der Waals surface area contributed by atoms with Crippen molar-refractivity contribution in [3.05, 3.63) is 48.6 Å². The molecule has 0 aromatic heterocycles. The Morgan fingerprint density at radius 1 is 0.706 bits per heavy atom. The van der Waals surface area contributed by atoms with Gasteiger partial charge in [0.1, 0.15) is 12.7 Å². The first kappa shape index (κ1) is 48.9. The average molecular weight is 745 g/mol. The van der Waals surface area contributed by atoms with Gasteiger partial charge in [0.2, 0.25) is 0 Å². The molecule has 0 fully saturated rings. The Bertz CT molecular complexity index is 1020. The summed E-state index contributed by atoms with van der Waals surface area (Å²) in [4.78, 5) is 34.7. The van der Waals surface area contributed by atoms with Gasteiger partial charge in [-0.2, -0.15) is 0 Å². The molecule has 0 aromatic carbocycles. The van der Waals surface area contributed by atoms with Gasteiger partial charge in [0.25, 0.3) is 0 Å². The monoisotopic (exact) mass is 744 g/mol. The van der Waals surface area contributed by atoms with Gasteiger partial charge in [-0.3, -0.25) is 18.6 Å². The summed E-state index contributed by atoms with van der Waals surface area (Å²) >= 11 is 0. The average Bonchev–Trinajstić information content (AvgIpc) is 3.09. The lowest BCUT2D eigenvalue weighted by Crippen LogP contribution is -2.29. The molecule has 0 aliphatic carbocycles. The largest absolute Gasteiger partial charge is 0.472 e. The maximum absolute atomic E-state index is 12.5. The third-order valence-electron chi connectivity index (χ3n) is 7.77. The highest BCUT2D eigenvalue weighted by atomic mass is 31.2. The minimum Gasteiger partial charge on any atom is -0.462 e. The zero-order valence-corrected chi connectivity index (χ0v) is 32.5. The number of aliphatic hydroxyl groups is 3. The molecule has 1 unspecified atom stereocenters. The van der Waals surface area contributed by atoms with Crippen molar-refractivity contribution in [3.8, 4) is 0 Å². The van der Waals surface area contributed by atoms with Crippen molar-refractivity contribution in [3.63, 3.8) is 0 Å². The van der Waals surface area contributed by atoms with E-state index < -0.39 is 51.8 Å². The van der Waals surface area contributed by atoms with Crippen molar-refractivity contribution >= 4 is 19.8 Å². The normalized spacial score (nSPS) is 15.3. The van der Waals surface area contributed by atoms with Crippen molar-refractivity contribution in [2.45, 2.75) is 155 Å². The molecule has 0 amide bonds. The predicted octanol–water partition coefficient (Wildman–Crippen LogP) is 8.21. The Balaban J connectivity index is 4.50. The number of phosphoric acid groups is 1. The van der Waals surface area contributed by atoms with E-state index in [1.807, 2.05) is 36.5 Å². The van der Waals surface area contributed by atoms with Gasteiger partial charge in [-0.1, -0.05) is 134 Å². The van der Waals surface area contributed by atoms with E-state index in [1.165, 1.54) is 25.7 Å². The number of phosphoric ester groups is 1. The smallest absolute Gasteiger partial charge is 0.462 e. The lowest BCUT2D eigenvalue weighted by Gasteiger charge is -2.20. The van der Waals surface area contributed by atoms with Crippen LogP contribution in [0.5, 0.6) is 0 Å².